The molecule has 1 N–H and O–H groups in total. The zero-order chi connectivity index (χ0) is 12.3. The van der Waals surface area contributed by atoms with Crippen LogP contribution in [0.1, 0.15) is 10.4 Å². The number of morpholine rings is 1. The van der Waals surface area contributed by atoms with Crippen LogP contribution in [-0.2, 0) is 4.74 Å². The predicted octanol–water partition coefficient (Wildman–Crippen LogP) is 0.659. The van der Waals surface area contributed by atoms with Crippen molar-refractivity contribution in [2.75, 3.05) is 26.4 Å². The third-order valence-electron chi connectivity index (χ3n) is 2.77. The highest BCUT2D eigenvalue weighted by molar-refractivity contribution is 5.94. The molecule has 1 aromatic carbocycles. The number of aliphatic hydroxyl groups is 1. The number of hydrogen-bond donors (Lipinski definition) is 1. The topological polar surface area (TPSA) is 49.8 Å². The van der Waals surface area contributed by atoms with Crippen LogP contribution in [0.15, 0.2) is 24.3 Å². The first-order chi connectivity index (χ1) is 8.22. The Bertz CT molecular complexity index is 410. The van der Waals surface area contributed by atoms with E-state index in [1.165, 1.54) is 23.1 Å². The zero-order valence-electron chi connectivity index (χ0n) is 9.30. The standard InChI is InChI=1S/C12H14FNO3/c13-10-3-1-2-9(6-10)12(16)14-4-5-17-8-11(14)7-15/h1-3,6,11,15H,4-5,7-8H2. The Hall–Kier alpha value is -1.46. The molecule has 17 heavy (non-hydrogen) atoms. The van der Waals surface area contributed by atoms with Gasteiger partial charge in [0.05, 0.1) is 25.9 Å². The van der Waals surface area contributed by atoms with Crippen molar-refractivity contribution in [1.29, 1.82) is 0 Å². The van der Waals surface area contributed by atoms with E-state index in [1.54, 1.807) is 6.07 Å². The minimum atomic E-state index is -0.440. The van der Waals surface area contributed by atoms with Gasteiger partial charge in [0.25, 0.3) is 5.91 Å². The van der Waals surface area contributed by atoms with Crippen LogP contribution < -0.4 is 0 Å². The second-order valence-electron chi connectivity index (χ2n) is 3.92. The summed E-state index contributed by atoms with van der Waals surface area (Å²) in [4.78, 5) is 13.6. The van der Waals surface area contributed by atoms with E-state index in [9.17, 15) is 9.18 Å². The van der Waals surface area contributed by atoms with Crippen LogP contribution >= 0.6 is 0 Å². The van der Waals surface area contributed by atoms with Crippen molar-refractivity contribution in [1.82, 2.24) is 4.90 Å². The van der Waals surface area contributed by atoms with Gasteiger partial charge in [0.1, 0.15) is 5.82 Å². The van der Waals surface area contributed by atoms with Gasteiger partial charge in [-0.05, 0) is 18.2 Å². The Morgan fingerprint density at radius 1 is 1.59 bits per heavy atom. The first kappa shape index (κ1) is 12.0. The predicted molar refractivity (Wildman–Crippen MR) is 59.1 cm³/mol. The summed E-state index contributed by atoms with van der Waals surface area (Å²) in [5, 5.41) is 9.16. The van der Waals surface area contributed by atoms with Crippen LogP contribution in [0.3, 0.4) is 0 Å². The Morgan fingerprint density at radius 3 is 3.12 bits per heavy atom. The van der Waals surface area contributed by atoms with Crippen molar-refractivity contribution in [2.24, 2.45) is 0 Å². The van der Waals surface area contributed by atoms with Crippen LogP contribution in [0.2, 0.25) is 0 Å². The van der Waals surface area contributed by atoms with Gasteiger partial charge in [-0.1, -0.05) is 6.07 Å². The molecular weight excluding hydrogens is 225 g/mol. The molecule has 0 bridgehead atoms. The van der Waals surface area contributed by atoms with Gasteiger partial charge in [0, 0.05) is 12.1 Å². The van der Waals surface area contributed by atoms with Crippen molar-refractivity contribution in [2.45, 2.75) is 6.04 Å². The Morgan fingerprint density at radius 2 is 2.41 bits per heavy atom. The SMILES string of the molecule is O=C(c1cccc(F)c1)N1CCOCC1CO. The van der Waals surface area contributed by atoms with E-state index < -0.39 is 5.82 Å². The molecule has 1 saturated heterocycles. The van der Waals surface area contributed by atoms with Gasteiger partial charge in [-0.3, -0.25) is 4.79 Å². The third-order valence-corrected chi connectivity index (χ3v) is 2.77. The number of ether oxygens (including phenoxy) is 1. The minimum absolute atomic E-state index is 0.152. The maximum atomic E-state index is 13.0. The average Bonchev–Trinajstić information content (AvgIpc) is 2.38. The summed E-state index contributed by atoms with van der Waals surface area (Å²) in [7, 11) is 0. The summed E-state index contributed by atoms with van der Waals surface area (Å²) in [5.41, 5.74) is 0.297. The van der Waals surface area contributed by atoms with Gasteiger partial charge in [-0.15, -0.1) is 0 Å². The lowest BCUT2D eigenvalue weighted by Gasteiger charge is -2.34. The number of carbonyl (C=O) groups excluding carboxylic acids is 1. The number of amides is 1. The summed E-state index contributed by atoms with van der Waals surface area (Å²) < 4.78 is 18.2. The fraction of sp³-hybridized carbons (Fsp3) is 0.417. The van der Waals surface area contributed by atoms with E-state index in [0.29, 0.717) is 25.3 Å². The molecule has 0 spiro atoms. The quantitative estimate of drug-likeness (QED) is 0.824. The van der Waals surface area contributed by atoms with Crippen LogP contribution in [-0.4, -0.2) is 48.3 Å². The number of rotatable bonds is 2. The molecule has 1 aliphatic rings. The molecule has 5 heteroatoms. The third kappa shape index (κ3) is 2.62. The number of aliphatic hydroxyl groups excluding tert-OH is 1. The molecule has 1 unspecified atom stereocenters. The molecule has 0 saturated carbocycles. The first-order valence-electron chi connectivity index (χ1n) is 5.47. The van der Waals surface area contributed by atoms with Crippen LogP contribution in [0, 0.1) is 5.82 Å². The lowest BCUT2D eigenvalue weighted by atomic mass is 10.1. The monoisotopic (exact) mass is 239 g/mol. The summed E-state index contributed by atoms with van der Waals surface area (Å²) in [6.07, 6.45) is 0. The number of carbonyl (C=O) groups is 1. The Balaban J connectivity index is 2.18. The normalized spacial score (nSPS) is 20.4. The van der Waals surface area contributed by atoms with E-state index >= 15 is 0 Å². The van der Waals surface area contributed by atoms with Crippen molar-refractivity contribution < 1.29 is 19.0 Å². The van der Waals surface area contributed by atoms with Gasteiger partial charge in [-0.2, -0.15) is 0 Å². The summed E-state index contributed by atoms with van der Waals surface area (Å²) in [6.45, 7) is 1.02. The van der Waals surface area contributed by atoms with E-state index in [0.717, 1.165) is 0 Å². The second kappa shape index (κ2) is 5.25. The van der Waals surface area contributed by atoms with Gasteiger partial charge >= 0.3 is 0 Å². The number of nitrogens with zero attached hydrogens (tertiary/aromatic N) is 1. The summed E-state index contributed by atoms with van der Waals surface area (Å²) in [6, 6.07) is 5.21. The van der Waals surface area contributed by atoms with Gasteiger partial charge in [-0.25, -0.2) is 4.39 Å². The molecule has 4 nitrogen and oxygen atoms in total. The number of hydrogen-bond acceptors (Lipinski definition) is 3. The van der Waals surface area contributed by atoms with E-state index in [2.05, 4.69) is 0 Å². The van der Waals surface area contributed by atoms with E-state index in [1.807, 2.05) is 0 Å². The van der Waals surface area contributed by atoms with Crippen LogP contribution in [0.5, 0.6) is 0 Å². The summed E-state index contributed by atoms with van der Waals surface area (Å²) in [5.74, 6) is -0.712. The van der Waals surface area contributed by atoms with Crippen LogP contribution in [0.4, 0.5) is 4.39 Å². The fourth-order valence-electron chi connectivity index (χ4n) is 1.86. The molecule has 2 rings (SSSR count). The lowest BCUT2D eigenvalue weighted by molar-refractivity contribution is -0.0184. The molecule has 0 aliphatic carbocycles. The highest BCUT2D eigenvalue weighted by atomic mass is 19.1. The average molecular weight is 239 g/mol. The Kier molecular flexibility index (Phi) is 3.71. The first-order valence-corrected chi connectivity index (χ1v) is 5.47. The van der Waals surface area contributed by atoms with Crippen molar-refractivity contribution >= 4 is 5.91 Å². The minimum Gasteiger partial charge on any atom is -0.394 e. The zero-order valence-corrected chi connectivity index (χ0v) is 9.30. The van der Waals surface area contributed by atoms with Crippen molar-refractivity contribution in [3.05, 3.63) is 35.6 Å². The summed E-state index contributed by atoms with van der Waals surface area (Å²) >= 11 is 0. The molecule has 1 atom stereocenters. The molecule has 1 amide bonds. The molecular formula is C12H14FNO3. The maximum absolute atomic E-state index is 13.0. The largest absolute Gasteiger partial charge is 0.394 e. The van der Waals surface area contributed by atoms with E-state index in [4.69, 9.17) is 9.84 Å². The van der Waals surface area contributed by atoms with Gasteiger partial charge < -0.3 is 14.7 Å². The highest BCUT2D eigenvalue weighted by Crippen LogP contribution is 2.13. The molecule has 0 aromatic heterocycles. The van der Waals surface area contributed by atoms with E-state index in [-0.39, 0.29) is 18.6 Å². The smallest absolute Gasteiger partial charge is 0.254 e. The fourth-order valence-corrected chi connectivity index (χ4v) is 1.86. The molecule has 1 aliphatic heterocycles. The number of halogens is 1. The molecule has 1 heterocycles. The molecule has 1 fully saturated rings. The van der Waals surface area contributed by atoms with Gasteiger partial charge in [0.15, 0.2) is 0 Å². The molecule has 92 valence electrons. The molecule has 0 radical (unpaired) electrons. The van der Waals surface area contributed by atoms with Gasteiger partial charge in [0.2, 0.25) is 0 Å². The number of benzene rings is 1. The molecule has 1 aromatic rings. The van der Waals surface area contributed by atoms with Crippen LogP contribution in [0.25, 0.3) is 0 Å². The van der Waals surface area contributed by atoms with Crippen molar-refractivity contribution in [3.63, 3.8) is 0 Å². The van der Waals surface area contributed by atoms with Crippen molar-refractivity contribution in [3.8, 4) is 0 Å². The second-order valence-corrected chi connectivity index (χ2v) is 3.92. The lowest BCUT2D eigenvalue weighted by Crippen LogP contribution is -2.50. The maximum Gasteiger partial charge on any atom is 0.254 e. The highest BCUT2D eigenvalue weighted by Gasteiger charge is 2.27. The Labute approximate surface area is 98.6 Å².